The first-order valence-corrected chi connectivity index (χ1v) is 6.47. The number of amides is 2. The summed E-state index contributed by atoms with van der Waals surface area (Å²) >= 11 is 0. The molecule has 0 saturated heterocycles. The number of rotatable bonds is 7. The summed E-state index contributed by atoms with van der Waals surface area (Å²) in [7, 11) is 0. The van der Waals surface area contributed by atoms with Crippen molar-refractivity contribution in [3.8, 4) is 0 Å². The zero-order valence-electron chi connectivity index (χ0n) is 11.7. The molecule has 0 unspecified atom stereocenters. The van der Waals surface area contributed by atoms with Gasteiger partial charge in [0, 0.05) is 18.3 Å². The van der Waals surface area contributed by atoms with Crippen LogP contribution in [-0.4, -0.2) is 33.9 Å². The largest absolute Gasteiger partial charge is 0.348 e. The lowest BCUT2D eigenvalue weighted by Gasteiger charge is -2.20. The number of aromatic nitrogens is 2. The van der Waals surface area contributed by atoms with E-state index >= 15 is 0 Å². The Kier molecular flexibility index (Phi) is 6.13. The molecule has 1 aromatic rings. The highest BCUT2D eigenvalue weighted by molar-refractivity contribution is 5.89. The van der Waals surface area contributed by atoms with Crippen molar-refractivity contribution in [2.75, 3.05) is 0 Å². The van der Waals surface area contributed by atoms with Crippen molar-refractivity contribution in [3.63, 3.8) is 0 Å². The van der Waals surface area contributed by atoms with Crippen LogP contribution in [0.4, 0.5) is 0 Å². The van der Waals surface area contributed by atoms with Crippen LogP contribution in [0.2, 0.25) is 0 Å². The molecule has 0 spiro atoms. The number of hydrazine groups is 1. The predicted molar refractivity (Wildman–Crippen MR) is 74.0 cm³/mol. The minimum atomic E-state index is -0.786. The normalized spacial score (nSPS) is 13.8. The number of nitrogens with zero attached hydrogens (tertiary/aromatic N) is 1. The van der Waals surface area contributed by atoms with Crippen molar-refractivity contribution in [2.45, 2.75) is 38.8 Å². The Morgan fingerprint density at radius 1 is 1.40 bits per heavy atom. The van der Waals surface area contributed by atoms with Gasteiger partial charge in [-0.2, -0.15) is 0 Å². The molecular formula is C12H22N6O2. The number of aromatic amines is 1. The molecule has 0 aliphatic rings. The Balaban J connectivity index is 2.65. The summed E-state index contributed by atoms with van der Waals surface area (Å²) in [5.74, 6) is 4.57. The second kappa shape index (κ2) is 7.61. The summed E-state index contributed by atoms with van der Waals surface area (Å²) in [6.45, 7) is 3.95. The molecule has 8 nitrogen and oxygen atoms in total. The smallest absolute Gasteiger partial charge is 0.256 e. The maximum Gasteiger partial charge on any atom is 0.256 e. The molecule has 8 heteroatoms. The van der Waals surface area contributed by atoms with Gasteiger partial charge >= 0.3 is 0 Å². The van der Waals surface area contributed by atoms with Gasteiger partial charge in [-0.25, -0.2) is 10.8 Å². The van der Waals surface area contributed by atoms with Crippen LogP contribution in [0.3, 0.4) is 0 Å². The number of nitrogens with two attached hydrogens (primary N) is 2. The van der Waals surface area contributed by atoms with Gasteiger partial charge in [0.1, 0.15) is 6.04 Å². The number of imidazole rings is 1. The summed E-state index contributed by atoms with van der Waals surface area (Å²) in [5, 5.41) is 2.61. The zero-order valence-corrected chi connectivity index (χ0v) is 11.7. The van der Waals surface area contributed by atoms with Gasteiger partial charge in [0.2, 0.25) is 5.91 Å². The molecule has 1 rings (SSSR count). The van der Waals surface area contributed by atoms with Crippen LogP contribution < -0.4 is 22.3 Å². The van der Waals surface area contributed by atoms with Gasteiger partial charge in [-0.1, -0.05) is 13.8 Å². The third-order valence-corrected chi connectivity index (χ3v) is 2.82. The quantitative estimate of drug-likeness (QED) is 0.243. The fraction of sp³-hybridized carbons (Fsp3) is 0.583. The molecule has 0 radical (unpaired) electrons. The maximum absolute atomic E-state index is 12.0. The fourth-order valence-corrected chi connectivity index (χ4v) is 1.82. The van der Waals surface area contributed by atoms with Gasteiger partial charge in [0.25, 0.3) is 5.91 Å². The van der Waals surface area contributed by atoms with Crippen LogP contribution in [0.25, 0.3) is 0 Å². The molecule has 20 heavy (non-hydrogen) atoms. The van der Waals surface area contributed by atoms with E-state index in [1.54, 1.807) is 6.20 Å². The van der Waals surface area contributed by atoms with E-state index in [1.165, 1.54) is 6.33 Å². The van der Waals surface area contributed by atoms with Crippen molar-refractivity contribution in [1.29, 1.82) is 0 Å². The number of nitrogens with one attached hydrogen (secondary N) is 3. The average Bonchev–Trinajstić information content (AvgIpc) is 2.89. The molecular weight excluding hydrogens is 260 g/mol. The molecule has 0 aliphatic heterocycles. The van der Waals surface area contributed by atoms with Crippen LogP contribution in [0.5, 0.6) is 0 Å². The first-order chi connectivity index (χ1) is 9.43. The minimum Gasteiger partial charge on any atom is -0.348 e. The van der Waals surface area contributed by atoms with Gasteiger partial charge in [0.15, 0.2) is 0 Å². The van der Waals surface area contributed by atoms with Gasteiger partial charge in [-0.05, 0) is 12.3 Å². The van der Waals surface area contributed by atoms with Crippen molar-refractivity contribution >= 4 is 11.8 Å². The number of hydrogen-bond acceptors (Lipinski definition) is 5. The molecule has 2 amide bonds. The monoisotopic (exact) mass is 282 g/mol. The van der Waals surface area contributed by atoms with E-state index in [2.05, 4.69) is 15.3 Å². The first-order valence-electron chi connectivity index (χ1n) is 6.47. The van der Waals surface area contributed by atoms with Crippen LogP contribution in [0.1, 0.15) is 26.0 Å². The van der Waals surface area contributed by atoms with Crippen LogP contribution in [-0.2, 0) is 16.0 Å². The number of carbonyl (C=O) groups excluding carboxylic acids is 2. The Morgan fingerprint density at radius 3 is 2.60 bits per heavy atom. The van der Waals surface area contributed by atoms with E-state index in [1.807, 2.05) is 19.3 Å². The lowest BCUT2D eigenvalue weighted by molar-refractivity contribution is -0.129. The van der Waals surface area contributed by atoms with E-state index in [9.17, 15) is 9.59 Å². The van der Waals surface area contributed by atoms with Crippen LogP contribution >= 0.6 is 0 Å². The third-order valence-electron chi connectivity index (χ3n) is 2.82. The molecule has 112 valence electrons. The summed E-state index contributed by atoms with van der Waals surface area (Å²) in [6.07, 6.45) is 3.89. The van der Waals surface area contributed by atoms with E-state index in [0.29, 0.717) is 12.3 Å². The van der Waals surface area contributed by atoms with Crippen LogP contribution in [0, 0.1) is 5.92 Å². The number of carbonyl (C=O) groups is 2. The highest BCUT2D eigenvalue weighted by Gasteiger charge is 2.24. The Morgan fingerprint density at radius 2 is 2.10 bits per heavy atom. The van der Waals surface area contributed by atoms with E-state index in [4.69, 9.17) is 11.6 Å². The Labute approximate surface area is 117 Å². The highest BCUT2D eigenvalue weighted by Crippen LogP contribution is 2.04. The molecule has 0 aliphatic carbocycles. The first kappa shape index (κ1) is 16.1. The Bertz CT molecular complexity index is 431. The average molecular weight is 282 g/mol. The Hall–Kier alpha value is -1.93. The van der Waals surface area contributed by atoms with Gasteiger partial charge in [0.05, 0.1) is 12.4 Å². The van der Waals surface area contributed by atoms with Crippen LogP contribution in [0.15, 0.2) is 12.5 Å². The van der Waals surface area contributed by atoms with Gasteiger partial charge in [-0.3, -0.25) is 15.0 Å². The molecule has 7 N–H and O–H groups in total. The zero-order chi connectivity index (χ0) is 15.1. The lowest BCUT2D eigenvalue weighted by Crippen LogP contribution is -2.54. The molecule has 0 bridgehead atoms. The van der Waals surface area contributed by atoms with Crippen molar-refractivity contribution in [1.82, 2.24) is 20.7 Å². The maximum atomic E-state index is 12.0. The van der Waals surface area contributed by atoms with E-state index in [0.717, 1.165) is 5.69 Å². The molecule has 0 aromatic carbocycles. The van der Waals surface area contributed by atoms with Crippen molar-refractivity contribution in [2.24, 2.45) is 17.5 Å². The second-order valence-corrected chi connectivity index (χ2v) is 5.09. The minimum absolute atomic E-state index is 0.267. The van der Waals surface area contributed by atoms with Gasteiger partial charge in [-0.15, -0.1) is 0 Å². The van der Waals surface area contributed by atoms with Crippen molar-refractivity contribution in [3.05, 3.63) is 18.2 Å². The summed E-state index contributed by atoms with van der Waals surface area (Å²) in [5.41, 5.74) is 8.54. The third kappa shape index (κ3) is 4.98. The molecule has 1 aromatic heterocycles. The summed E-state index contributed by atoms with van der Waals surface area (Å²) in [6, 6.07) is -1.43. The molecule has 0 saturated carbocycles. The SMILES string of the molecule is CC(C)C[C@H](N)C(=O)N[C@@H](Cc1cnc[nH]1)C(=O)NN. The van der Waals surface area contributed by atoms with Crippen molar-refractivity contribution < 1.29 is 9.59 Å². The number of H-pyrrole nitrogens is 1. The predicted octanol–water partition coefficient (Wildman–Crippen LogP) is -1.20. The summed E-state index contributed by atoms with van der Waals surface area (Å²) in [4.78, 5) is 30.4. The standard InChI is InChI=1S/C12H22N6O2/c1-7(2)3-9(13)11(19)17-10(12(20)18-14)4-8-5-15-6-16-8/h5-7,9-10H,3-4,13-14H2,1-2H3,(H,15,16)(H,17,19)(H,18,20)/t9-,10-/m0/s1. The number of hydrogen-bond donors (Lipinski definition) is 5. The van der Waals surface area contributed by atoms with E-state index < -0.39 is 18.0 Å². The lowest BCUT2D eigenvalue weighted by atomic mass is 10.0. The topological polar surface area (TPSA) is 139 Å². The molecule has 0 fully saturated rings. The van der Waals surface area contributed by atoms with Gasteiger partial charge < -0.3 is 16.0 Å². The summed E-state index contributed by atoms with van der Waals surface area (Å²) < 4.78 is 0. The second-order valence-electron chi connectivity index (χ2n) is 5.09. The van der Waals surface area contributed by atoms with E-state index in [-0.39, 0.29) is 12.3 Å². The fourth-order valence-electron chi connectivity index (χ4n) is 1.82. The highest BCUT2D eigenvalue weighted by atomic mass is 16.2. The molecule has 2 atom stereocenters. The molecule has 1 heterocycles.